The van der Waals surface area contributed by atoms with E-state index in [-0.39, 0.29) is 0 Å². The van der Waals surface area contributed by atoms with Crippen LogP contribution in [-0.4, -0.2) is 14.4 Å². The first-order valence-corrected chi connectivity index (χ1v) is 15.1. The molecular formula is C24H44OSi. The van der Waals surface area contributed by atoms with Crippen LogP contribution in [0.25, 0.3) is 0 Å². The minimum atomic E-state index is -1.48. The van der Waals surface area contributed by atoms with Gasteiger partial charge in [0, 0.05) is 0 Å². The van der Waals surface area contributed by atoms with E-state index in [1.807, 2.05) is 0 Å². The van der Waals surface area contributed by atoms with Crippen LogP contribution in [-0.2, 0) is 4.43 Å². The van der Waals surface area contributed by atoms with E-state index in [1.54, 1.807) is 0 Å². The minimum absolute atomic E-state index is 0.342. The smallest absolute Gasteiger partial charge is 0.184 e. The van der Waals surface area contributed by atoms with Gasteiger partial charge in [0.2, 0.25) is 0 Å². The fourth-order valence-electron chi connectivity index (χ4n) is 8.71. The molecular weight excluding hydrogens is 332 g/mol. The minimum Gasteiger partial charge on any atom is -0.414 e. The SMILES string of the molecule is CC12CCCC1C1CCC3C(C)(C)C(O[Si](C)(C)C)CCC3(C)C1CC2. The van der Waals surface area contributed by atoms with E-state index in [0.29, 0.717) is 22.3 Å². The average molecular weight is 377 g/mol. The van der Waals surface area contributed by atoms with Crippen molar-refractivity contribution in [2.24, 2.45) is 39.9 Å². The zero-order chi connectivity index (χ0) is 19.0. The summed E-state index contributed by atoms with van der Waals surface area (Å²) in [7, 11) is -1.48. The van der Waals surface area contributed by atoms with Gasteiger partial charge < -0.3 is 4.43 Å². The predicted octanol–water partition coefficient (Wildman–Crippen LogP) is 7.28. The van der Waals surface area contributed by atoms with Crippen molar-refractivity contribution in [3.8, 4) is 0 Å². The Labute approximate surface area is 164 Å². The first-order valence-electron chi connectivity index (χ1n) is 11.7. The Kier molecular flexibility index (Phi) is 4.56. The highest BCUT2D eigenvalue weighted by molar-refractivity contribution is 6.69. The van der Waals surface area contributed by atoms with Crippen molar-refractivity contribution in [2.75, 3.05) is 0 Å². The molecule has 150 valence electrons. The van der Waals surface area contributed by atoms with Gasteiger partial charge in [0.1, 0.15) is 0 Å². The van der Waals surface area contributed by atoms with Crippen LogP contribution >= 0.6 is 0 Å². The Morgan fingerprint density at radius 1 is 0.769 bits per heavy atom. The standard InChI is InChI=1S/C24H44OSi/c1-22(2)20-11-10-17-18-9-8-14-23(18,3)15-12-19(17)24(20,4)16-13-21(22)25-26(5,6)7/h17-21H,8-16H2,1-7H3. The quantitative estimate of drug-likeness (QED) is 0.460. The van der Waals surface area contributed by atoms with Crippen LogP contribution in [0.4, 0.5) is 0 Å². The third-order valence-electron chi connectivity index (χ3n) is 9.82. The highest BCUT2D eigenvalue weighted by Gasteiger charge is 2.62. The summed E-state index contributed by atoms with van der Waals surface area (Å²) in [4.78, 5) is 0. The van der Waals surface area contributed by atoms with Gasteiger partial charge in [-0.05, 0) is 111 Å². The highest BCUT2D eigenvalue weighted by atomic mass is 28.4. The summed E-state index contributed by atoms with van der Waals surface area (Å²) in [5.74, 6) is 3.92. The second-order valence-electron chi connectivity index (χ2n) is 12.7. The lowest BCUT2D eigenvalue weighted by Gasteiger charge is -2.65. The molecule has 0 aliphatic heterocycles. The topological polar surface area (TPSA) is 9.23 Å². The Bertz CT molecular complexity index is 549. The van der Waals surface area contributed by atoms with Crippen molar-refractivity contribution in [2.45, 2.75) is 111 Å². The van der Waals surface area contributed by atoms with Crippen LogP contribution < -0.4 is 0 Å². The van der Waals surface area contributed by atoms with Gasteiger partial charge in [-0.2, -0.15) is 0 Å². The summed E-state index contributed by atoms with van der Waals surface area (Å²) in [6.07, 6.45) is 13.7. The van der Waals surface area contributed by atoms with E-state index in [1.165, 1.54) is 57.8 Å². The molecule has 0 aromatic carbocycles. The van der Waals surface area contributed by atoms with Crippen LogP contribution in [0.2, 0.25) is 19.6 Å². The molecule has 0 aromatic rings. The van der Waals surface area contributed by atoms with Crippen molar-refractivity contribution < 1.29 is 4.43 Å². The van der Waals surface area contributed by atoms with Crippen LogP contribution in [0.3, 0.4) is 0 Å². The maximum absolute atomic E-state index is 6.75. The van der Waals surface area contributed by atoms with Gasteiger partial charge in [-0.25, -0.2) is 0 Å². The van der Waals surface area contributed by atoms with Crippen molar-refractivity contribution in [1.82, 2.24) is 0 Å². The van der Waals surface area contributed by atoms with E-state index in [9.17, 15) is 0 Å². The number of hydrogen-bond acceptors (Lipinski definition) is 1. The number of fused-ring (bicyclic) bond motifs is 5. The molecule has 2 heteroatoms. The molecule has 0 saturated heterocycles. The largest absolute Gasteiger partial charge is 0.414 e. The van der Waals surface area contributed by atoms with E-state index < -0.39 is 8.32 Å². The van der Waals surface area contributed by atoms with E-state index in [4.69, 9.17) is 4.43 Å². The number of hydrogen-bond donors (Lipinski definition) is 0. The number of rotatable bonds is 2. The molecule has 0 N–H and O–H groups in total. The fraction of sp³-hybridized carbons (Fsp3) is 1.00. The highest BCUT2D eigenvalue weighted by Crippen LogP contribution is 2.68. The molecule has 7 atom stereocenters. The van der Waals surface area contributed by atoms with Crippen molar-refractivity contribution in [3.63, 3.8) is 0 Å². The molecule has 7 unspecified atom stereocenters. The van der Waals surface area contributed by atoms with E-state index >= 15 is 0 Å². The Morgan fingerprint density at radius 3 is 2.19 bits per heavy atom. The molecule has 4 rings (SSSR count). The third-order valence-corrected chi connectivity index (χ3v) is 10.8. The summed E-state index contributed by atoms with van der Waals surface area (Å²) in [5, 5.41) is 0. The average Bonchev–Trinajstić information content (AvgIpc) is 2.91. The zero-order valence-corrected chi connectivity index (χ0v) is 19.7. The first kappa shape index (κ1) is 19.5. The molecule has 4 aliphatic carbocycles. The van der Waals surface area contributed by atoms with E-state index in [2.05, 4.69) is 47.3 Å². The fourth-order valence-corrected chi connectivity index (χ4v) is 9.98. The molecule has 0 spiro atoms. The van der Waals surface area contributed by atoms with Gasteiger partial charge in [0.05, 0.1) is 6.10 Å². The second kappa shape index (κ2) is 6.09. The van der Waals surface area contributed by atoms with Crippen LogP contribution in [0.1, 0.15) is 85.5 Å². The molecule has 4 aliphatic rings. The van der Waals surface area contributed by atoms with Crippen LogP contribution in [0.5, 0.6) is 0 Å². The summed E-state index contributed by atoms with van der Waals surface area (Å²) < 4.78 is 6.75. The lowest BCUT2D eigenvalue weighted by Crippen LogP contribution is -2.60. The lowest BCUT2D eigenvalue weighted by molar-refractivity contribution is -0.171. The van der Waals surface area contributed by atoms with Gasteiger partial charge in [-0.15, -0.1) is 0 Å². The van der Waals surface area contributed by atoms with Gasteiger partial charge in [0.15, 0.2) is 8.32 Å². The zero-order valence-electron chi connectivity index (χ0n) is 18.7. The summed E-state index contributed by atoms with van der Waals surface area (Å²) in [5.41, 5.74) is 1.60. The van der Waals surface area contributed by atoms with Gasteiger partial charge in [0.25, 0.3) is 0 Å². The normalized spacial score (nSPS) is 50.7. The molecule has 0 bridgehead atoms. The molecule has 0 aromatic heterocycles. The van der Waals surface area contributed by atoms with Gasteiger partial charge in [-0.3, -0.25) is 0 Å². The molecule has 4 fully saturated rings. The second-order valence-corrected chi connectivity index (χ2v) is 17.1. The van der Waals surface area contributed by atoms with Crippen LogP contribution in [0.15, 0.2) is 0 Å². The molecule has 0 radical (unpaired) electrons. The van der Waals surface area contributed by atoms with Gasteiger partial charge >= 0.3 is 0 Å². The molecule has 1 nitrogen and oxygen atoms in total. The Balaban J connectivity index is 1.60. The van der Waals surface area contributed by atoms with Crippen molar-refractivity contribution in [1.29, 1.82) is 0 Å². The van der Waals surface area contributed by atoms with Crippen LogP contribution in [0, 0.1) is 39.9 Å². The van der Waals surface area contributed by atoms with Crippen molar-refractivity contribution >= 4 is 8.32 Å². The summed E-state index contributed by atoms with van der Waals surface area (Å²) in [6, 6.07) is 0. The Morgan fingerprint density at radius 2 is 1.50 bits per heavy atom. The van der Waals surface area contributed by atoms with E-state index in [0.717, 1.165) is 23.7 Å². The summed E-state index contributed by atoms with van der Waals surface area (Å²) in [6.45, 7) is 17.6. The summed E-state index contributed by atoms with van der Waals surface area (Å²) >= 11 is 0. The Hall–Kier alpha value is 0.177. The van der Waals surface area contributed by atoms with Crippen molar-refractivity contribution in [3.05, 3.63) is 0 Å². The maximum atomic E-state index is 6.75. The third kappa shape index (κ3) is 2.88. The predicted molar refractivity (Wildman–Crippen MR) is 114 cm³/mol. The van der Waals surface area contributed by atoms with Gasteiger partial charge in [-0.1, -0.05) is 34.1 Å². The molecule has 0 amide bonds. The molecule has 26 heavy (non-hydrogen) atoms. The maximum Gasteiger partial charge on any atom is 0.184 e. The first-order chi connectivity index (χ1) is 12.0. The molecule has 4 saturated carbocycles. The lowest BCUT2D eigenvalue weighted by atomic mass is 9.41. The molecule has 0 heterocycles. The monoisotopic (exact) mass is 376 g/mol.